The van der Waals surface area contributed by atoms with Crippen molar-refractivity contribution in [1.29, 1.82) is 0 Å². The molecule has 2 rings (SSSR count). The Balaban J connectivity index is 0.00000162. The standard InChI is InChI=1S/C14H19NO2.ClH/c1-17-14(16)9-6-11-4-7-12(8-5-11)13-3-2-10-15-13;/h4-5,7-8,13,15H,2-3,6,9-10H2,1H3;1H/t13-;/m1./s1. The van der Waals surface area contributed by atoms with Crippen LogP contribution in [0.25, 0.3) is 0 Å². The Morgan fingerprint density at radius 3 is 2.67 bits per heavy atom. The van der Waals surface area contributed by atoms with Crippen LogP contribution in [0.5, 0.6) is 0 Å². The zero-order valence-corrected chi connectivity index (χ0v) is 11.5. The van der Waals surface area contributed by atoms with Gasteiger partial charge >= 0.3 is 5.97 Å². The van der Waals surface area contributed by atoms with Gasteiger partial charge in [-0.15, -0.1) is 12.4 Å². The first-order valence-electron chi connectivity index (χ1n) is 6.18. The maximum Gasteiger partial charge on any atom is 0.305 e. The van der Waals surface area contributed by atoms with Crippen LogP contribution in [0.3, 0.4) is 0 Å². The summed E-state index contributed by atoms with van der Waals surface area (Å²) in [5.74, 6) is -0.147. The van der Waals surface area contributed by atoms with E-state index in [9.17, 15) is 4.79 Å². The van der Waals surface area contributed by atoms with Crippen LogP contribution >= 0.6 is 12.4 Å². The van der Waals surface area contributed by atoms with Crippen molar-refractivity contribution in [2.24, 2.45) is 0 Å². The molecule has 18 heavy (non-hydrogen) atoms. The quantitative estimate of drug-likeness (QED) is 0.854. The molecule has 0 spiro atoms. The van der Waals surface area contributed by atoms with Crippen molar-refractivity contribution in [2.45, 2.75) is 31.7 Å². The van der Waals surface area contributed by atoms with Crippen molar-refractivity contribution in [3.63, 3.8) is 0 Å². The Kier molecular flexibility index (Phi) is 6.16. The van der Waals surface area contributed by atoms with E-state index >= 15 is 0 Å². The highest BCUT2D eigenvalue weighted by Crippen LogP contribution is 2.23. The molecule has 1 aliphatic rings. The van der Waals surface area contributed by atoms with Gasteiger partial charge in [-0.05, 0) is 36.9 Å². The SMILES string of the molecule is COC(=O)CCc1ccc([C@H]2CCCN2)cc1.Cl. The number of benzene rings is 1. The molecule has 0 bridgehead atoms. The summed E-state index contributed by atoms with van der Waals surface area (Å²) in [4.78, 5) is 11.0. The highest BCUT2D eigenvalue weighted by molar-refractivity contribution is 5.85. The van der Waals surface area contributed by atoms with Crippen molar-refractivity contribution in [3.8, 4) is 0 Å². The predicted molar refractivity (Wildman–Crippen MR) is 74.0 cm³/mol. The number of aryl methyl sites for hydroxylation is 1. The Morgan fingerprint density at radius 1 is 1.39 bits per heavy atom. The molecule has 1 aromatic rings. The normalized spacial score (nSPS) is 18.2. The summed E-state index contributed by atoms with van der Waals surface area (Å²) in [5, 5.41) is 3.48. The fraction of sp³-hybridized carbons (Fsp3) is 0.500. The van der Waals surface area contributed by atoms with Crippen LogP contribution in [0.1, 0.15) is 36.4 Å². The smallest absolute Gasteiger partial charge is 0.305 e. The number of hydrogen-bond acceptors (Lipinski definition) is 3. The van der Waals surface area contributed by atoms with E-state index in [0.29, 0.717) is 12.5 Å². The molecule has 0 aliphatic carbocycles. The lowest BCUT2D eigenvalue weighted by Gasteiger charge is -2.11. The number of halogens is 1. The third-order valence-electron chi connectivity index (χ3n) is 3.29. The number of carbonyl (C=O) groups excluding carboxylic acids is 1. The Bertz CT molecular complexity index is 372. The first-order chi connectivity index (χ1) is 8.29. The molecular formula is C14H20ClNO2. The zero-order valence-electron chi connectivity index (χ0n) is 10.6. The number of hydrogen-bond donors (Lipinski definition) is 1. The van der Waals surface area contributed by atoms with Gasteiger partial charge in [-0.3, -0.25) is 4.79 Å². The van der Waals surface area contributed by atoms with E-state index in [4.69, 9.17) is 0 Å². The van der Waals surface area contributed by atoms with Gasteiger partial charge in [0.2, 0.25) is 0 Å². The molecule has 0 amide bonds. The second-order valence-electron chi connectivity index (χ2n) is 4.47. The predicted octanol–water partition coefficient (Wildman–Crippen LogP) is 2.64. The maximum absolute atomic E-state index is 11.0. The second kappa shape index (κ2) is 7.39. The summed E-state index contributed by atoms with van der Waals surface area (Å²) in [6.45, 7) is 1.12. The molecule has 4 heteroatoms. The monoisotopic (exact) mass is 269 g/mol. The lowest BCUT2D eigenvalue weighted by Crippen LogP contribution is -2.12. The molecular weight excluding hydrogens is 250 g/mol. The molecule has 0 saturated carbocycles. The van der Waals surface area contributed by atoms with E-state index < -0.39 is 0 Å². The molecule has 1 fully saturated rings. The van der Waals surface area contributed by atoms with Crippen LogP contribution in [0.4, 0.5) is 0 Å². The molecule has 3 nitrogen and oxygen atoms in total. The minimum atomic E-state index is -0.147. The maximum atomic E-state index is 11.0. The van der Waals surface area contributed by atoms with Crippen LogP contribution < -0.4 is 5.32 Å². The number of esters is 1. The third-order valence-corrected chi connectivity index (χ3v) is 3.29. The van der Waals surface area contributed by atoms with Crippen LogP contribution in [0.2, 0.25) is 0 Å². The number of ether oxygens (including phenoxy) is 1. The molecule has 0 aromatic heterocycles. The van der Waals surface area contributed by atoms with Gasteiger partial charge in [0.1, 0.15) is 0 Å². The molecule has 1 atom stereocenters. The van der Waals surface area contributed by atoms with Gasteiger partial charge in [-0.1, -0.05) is 24.3 Å². The highest BCUT2D eigenvalue weighted by atomic mass is 35.5. The zero-order chi connectivity index (χ0) is 12.1. The Labute approximate surface area is 114 Å². The first kappa shape index (κ1) is 15.0. The molecule has 1 N–H and O–H groups in total. The summed E-state index contributed by atoms with van der Waals surface area (Å²) in [7, 11) is 1.43. The average Bonchev–Trinajstić information content (AvgIpc) is 2.90. The molecule has 100 valence electrons. The van der Waals surface area contributed by atoms with Gasteiger partial charge in [-0.25, -0.2) is 0 Å². The molecule has 0 radical (unpaired) electrons. The first-order valence-corrected chi connectivity index (χ1v) is 6.18. The van der Waals surface area contributed by atoms with Crippen molar-refractivity contribution < 1.29 is 9.53 Å². The summed E-state index contributed by atoms with van der Waals surface area (Å²) >= 11 is 0. The van der Waals surface area contributed by atoms with Crippen molar-refractivity contribution >= 4 is 18.4 Å². The van der Waals surface area contributed by atoms with Gasteiger partial charge in [0.05, 0.1) is 7.11 Å². The van der Waals surface area contributed by atoms with E-state index in [0.717, 1.165) is 13.0 Å². The van der Waals surface area contributed by atoms with Gasteiger partial charge in [0, 0.05) is 12.5 Å². The van der Waals surface area contributed by atoms with E-state index in [1.165, 1.54) is 31.1 Å². The Hall–Kier alpha value is -1.06. The second-order valence-corrected chi connectivity index (χ2v) is 4.47. The Morgan fingerprint density at radius 2 is 2.11 bits per heavy atom. The van der Waals surface area contributed by atoms with Crippen molar-refractivity contribution in [3.05, 3.63) is 35.4 Å². The molecule has 1 saturated heterocycles. The summed E-state index contributed by atoms with van der Waals surface area (Å²) in [5.41, 5.74) is 2.54. The number of methoxy groups -OCH3 is 1. The van der Waals surface area contributed by atoms with Gasteiger partial charge in [-0.2, -0.15) is 0 Å². The lowest BCUT2D eigenvalue weighted by atomic mass is 10.0. The van der Waals surface area contributed by atoms with Crippen molar-refractivity contribution in [1.82, 2.24) is 5.32 Å². The third kappa shape index (κ3) is 4.00. The fourth-order valence-electron chi connectivity index (χ4n) is 2.23. The van der Waals surface area contributed by atoms with Crippen LogP contribution in [-0.2, 0) is 16.0 Å². The highest BCUT2D eigenvalue weighted by Gasteiger charge is 2.15. The minimum Gasteiger partial charge on any atom is -0.469 e. The van der Waals surface area contributed by atoms with Crippen LogP contribution in [-0.4, -0.2) is 19.6 Å². The largest absolute Gasteiger partial charge is 0.469 e. The summed E-state index contributed by atoms with van der Waals surface area (Å²) in [6, 6.07) is 9.06. The molecule has 1 aliphatic heterocycles. The molecule has 1 heterocycles. The van der Waals surface area contributed by atoms with Gasteiger partial charge in [0.15, 0.2) is 0 Å². The summed E-state index contributed by atoms with van der Waals surface area (Å²) in [6.07, 6.45) is 3.69. The van der Waals surface area contributed by atoms with Gasteiger partial charge < -0.3 is 10.1 Å². The van der Waals surface area contributed by atoms with Gasteiger partial charge in [0.25, 0.3) is 0 Å². The molecule has 1 aromatic carbocycles. The number of nitrogens with one attached hydrogen (secondary N) is 1. The van der Waals surface area contributed by atoms with E-state index in [2.05, 4.69) is 34.3 Å². The topological polar surface area (TPSA) is 38.3 Å². The van der Waals surface area contributed by atoms with E-state index in [-0.39, 0.29) is 18.4 Å². The lowest BCUT2D eigenvalue weighted by molar-refractivity contribution is -0.140. The minimum absolute atomic E-state index is 0. The molecule has 0 unspecified atom stereocenters. The number of carbonyl (C=O) groups is 1. The van der Waals surface area contributed by atoms with Crippen molar-refractivity contribution in [2.75, 3.05) is 13.7 Å². The van der Waals surface area contributed by atoms with E-state index in [1.54, 1.807) is 0 Å². The summed E-state index contributed by atoms with van der Waals surface area (Å²) < 4.78 is 4.63. The fourth-order valence-corrected chi connectivity index (χ4v) is 2.23. The number of rotatable bonds is 4. The van der Waals surface area contributed by atoms with E-state index in [1.807, 2.05) is 0 Å². The van der Waals surface area contributed by atoms with Crippen LogP contribution in [0.15, 0.2) is 24.3 Å². The van der Waals surface area contributed by atoms with Crippen LogP contribution in [0, 0.1) is 0 Å². The average molecular weight is 270 g/mol.